The van der Waals surface area contributed by atoms with E-state index in [0.29, 0.717) is 13.0 Å². The van der Waals surface area contributed by atoms with Crippen molar-refractivity contribution in [3.63, 3.8) is 0 Å². The molecule has 0 aromatic heterocycles. The molecule has 1 aliphatic carbocycles. The maximum atomic E-state index is 11.5. The van der Waals surface area contributed by atoms with Gasteiger partial charge in [0.1, 0.15) is 5.75 Å². The molecule has 2 atom stereocenters. The second-order valence-electron chi connectivity index (χ2n) is 6.06. The molecule has 2 aromatic rings. The van der Waals surface area contributed by atoms with Gasteiger partial charge in [-0.1, -0.05) is 36.4 Å². The quantitative estimate of drug-likeness (QED) is 0.841. The van der Waals surface area contributed by atoms with E-state index in [9.17, 15) is 8.42 Å². The fourth-order valence-electron chi connectivity index (χ4n) is 3.41. The minimum absolute atomic E-state index is 0.0288. The molecule has 6 heteroatoms. The largest absolute Gasteiger partial charge is 0.494 e. The number of nitrogens with one attached hydrogen (secondary N) is 1. The predicted octanol–water partition coefficient (Wildman–Crippen LogP) is 2.13. The first-order valence-corrected chi connectivity index (χ1v) is 9.60. The van der Waals surface area contributed by atoms with Crippen molar-refractivity contribution in [3.05, 3.63) is 65.2 Å². The Bertz CT molecular complexity index is 806. The molecule has 0 amide bonds. The third-order valence-electron chi connectivity index (χ3n) is 4.37. The van der Waals surface area contributed by atoms with Crippen LogP contribution in [0.5, 0.6) is 5.75 Å². The fourth-order valence-corrected chi connectivity index (χ4v) is 4.08. The molecule has 3 rings (SSSR count). The van der Waals surface area contributed by atoms with Crippen LogP contribution in [0.15, 0.2) is 48.5 Å². The number of hydrogen-bond donors (Lipinski definition) is 2. The minimum atomic E-state index is -3.75. The van der Waals surface area contributed by atoms with Gasteiger partial charge in [-0.2, -0.15) is 13.1 Å². The molecule has 0 saturated heterocycles. The second kappa shape index (κ2) is 6.93. The van der Waals surface area contributed by atoms with Crippen molar-refractivity contribution < 1.29 is 13.2 Å². The summed E-state index contributed by atoms with van der Waals surface area (Å²) in [4.78, 5) is 0. The van der Waals surface area contributed by atoms with E-state index in [1.165, 1.54) is 5.56 Å². The van der Waals surface area contributed by atoms with Crippen LogP contribution in [0, 0.1) is 0 Å². The number of benzene rings is 2. The molecule has 0 spiro atoms. The number of ether oxygens (including phenoxy) is 1. The van der Waals surface area contributed by atoms with Gasteiger partial charge >= 0.3 is 0 Å². The first kappa shape index (κ1) is 17.0. The maximum absolute atomic E-state index is 11.5. The number of fused-ring (bicyclic) bond motifs is 1. The fraction of sp³-hybridized carbons (Fsp3) is 0.333. The van der Waals surface area contributed by atoms with Crippen LogP contribution in [0.25, 0.3) is 0 Å². The van der Waals surface area contributed by atoms with Crippen LogP contribution in [0.4, 0.5) is 0 Å². The highest BCUT2D eigenvalue weighted by Gasteiger charge is 2.34. The Kier molecular flexibility index (Phi) is 4.89. The molecule has 3 N–H and O–H groups in total. The monoisotopic (exact) mass is 346 g/mol. The Labute approximate surface area is 143 Å². The van der Waals surface area contributed by atoms with Gasteiger partial charge in [-0.25, -0.2) is 5.14 Å². The van der Waals surface area contributed by atoms with Crippen molar-refractivity contribution in [3.8, 4) is 5.75 Å². The molecule has 0 saturated carbocycles. The van der Waals surface area contributed by atoms with Gasteiger partial charge in [0.15, 0.2) is 0 Å². The van der Waals surface area contributed by atoms with Gasteiger partial charge in [-0.15, -0.1) is 0 Å². The normalized spacial score (nSPS) is 19.9. The van der Waals surface area contributed by atoms with Gasteiger partial charge in [0.25, 0.3) is 10.2 Å². The molecule has 0 aliphatic heterocycles. The molecule has 0 heterocycles. The highest BCUT2D eigenvalue weighted by atomic mass is 32.2. The molecule has 1 aliphatic rings. The average Bonchev–Trinajstić information content (AvgIpc) is 2.84. The van der Waals surface area contributed by atoms with Crippen LogP contribution < -0.4 is 14.6 Å². The Hall–Kier alpha value is -1.89. The molecule has 128 valence electrons. The summed E-state index contributed by atoms with van der Waals surface area (Å²) in [7, 11) is -3.75. The van der Waals surface area contributed by atoms with Gasteiger partial charge in [-0.3, -0.25) is 0 Å². The Morgan fingerprint density at radius 3 is 2.62 bits per heavy atom. The van der Waals surface area contributed by atoms with Crippen molar-refractivity contribution in [1.82, 2.24) is 4.72 Å². The zero-order valence-corrected chi connectivity index (χ0v) is 14.4. The molecule has 5 nitrogen and oxygen atoms in total. The van der Waals surface area contributed by atoms with Crippen LogP contribution in [-0.2, 0) is 23.1 Å². The smallest absolute Gasteiger partial charge is 0.274 e. The van der Waals surface area contributed by atoms with Crippen LogP contribution in [0.2, 0.25) is 0 Å². The standard InChI is InChI=1S/C18H22N2O3S/c1-2-23-15-9-8-14-11-18(20-24(19,21)22)17(16(14)12-15)10-13-6-4-3-5-7-13/h3-9,12,17-18,20H,2,10-11H2,1H3,(H2,19,21,22). The SMILES string of the molecule is CCOc1ccc2c(c1)C(Cc1ccccc1)C(NS(N)(=O)=O)C2. The lowest BCUT2D eigenvalue weighted by Crippen LogP contribution is -2.42. The average molecular weight is 346 g/mol. The van der Waals surface area contributed by atoms with Crippen LogP contribution in [0.3, 0.4) is 0 Å². The number of nitrogens with two attached hydrogens (primary N) is 1. The molecule has 0 fully saturated rings. The first-order chi connectivity index (χ1) is 11.5. The summed E-state index contributed by atoms with van der Waals surface area (Å²) in [5.41, 5.74) is 3.44. The van der Waals surface area contributed by atoms with E-state index in [2.05, 4.69) is 16.9 Å². The van der Waals surface area contributed by atoms with E-state index in [4.69, 9.17) is 9.88 Å². The zero-order valence-electron chi connectivity index (χ0n) is 13.6. The van der Waals surface area contributed by atoms with Gasteiger partial charge in [0.2, 0.25) is 0 Å². The summed E-state index contributed by atoms with van der Waals surface area (Å²) in [6.07, 6.45) is 1.38. The summed E-state index contributed by atoms with van der Waals surface area (Å²) in [6.45, 7) is 2.54. The lowest BCUT2D eigenvalue weighted by molar-refractivity contribution is 0.339. The van der Waals surface area contributed by atoms with Crippen molar-refractivity contribution >= 4 is 10.2 Å². The molecule has 2 aromatic carbocycles. The van der Waals surface area contributed by atoms with Crippen molar-refractivity contribution in [2.75, 3.05) is 6.61 Å². The molecule has 2 unspecified atom stereocenters. The molecular formula is C18H22N2O3S. The molecular weight excluding hydrogens is 324 g/mol. The van der Waals surface area contributed by atoms with E-state index in [1.54, 1.807) is 0 Å². The number of hydrogen-bond acceptors (Lipinski definition) is 3. The second-order valence-corrected chi connectivity index (χ2v) is 7.39. The van der Waals surface area contributed by atoms with Gasteiger partial charge in [-0.05, 0) is 48.6 Å². The third kappa shape index (κ3) is 3.95. The van der Waals surface area contributed by atoms with Gasteiger partial charge < -0.3 is 4.74 Å². The molecule has 24 heavy (non-hydrogen) atoms. The number of rotatable bonds is 6. The van der Waals surface area contributed by atoms with E-state index in [-0.39, 0.29) is 12.0 Å². The Morgan fingerprint density at radius 2 is 1.96 bits per heavy atom. The van der Waals surface area contributed by atoms with Gasteiger partial charge in [0, 0.05) is 12.0 Å². The van der Waals surface area contributed by atoms with E-state index in [0.717, 1.165) is 23.3 Å². The summed E-state index contributed by atoms with van der Waals surface area (Å²) in [6, 6.07) is 15.8. The lowest BCUT2D eigenvalue weighted by Gasteiger charge is -2.21. The summed E-state index contributed by atoms with van der Waals surface area (Å²) >= 11 is 0. The molecule has 0 bridgehead atoms. The lowest BCUT2D eigenvalue weighted by atomic mass is 9.91. The molecule has 0 radical (unpaired) electrons. The summed E-state index contributed by atoms with van der Waals surface area (Å²) in [5.74, 6) is 0.840. The van der Waals surface area contributed by atoms with Gasteiger partial charge in [0.05, 0.1) is 6.61 Å². The van der Waals surface area contributed by atoms with Crippen molar-refractivity contribution in [2.24, 2.45) is 5.14 Å². The summed E-state index contributed by atoms with van der Waals surface area (Å²) in [5, 5.41) is 5.22. The van der Waals surface area contributed by atoms with E-state index >= 15 is 0 Å². The zero-order chi connectivity index (χ0) is 17.2. The van der Waals surface area contributed by atoms with E-state index in [1.807, 2.05) is 43.3 Å². The van der Waals surface area contributed by atoms with Crippen molar-refractivity contribution in [1.29, 1.82) is 0 Å². The minimum Gasteiger partial charge on any atom is -0.494 e. The van der Waals surface area contributed by atoms with Crippen LogP contribution >= 0.6 is 0 Å². The first-order valence-electron chi connectivity index (χ1n) is 8.06. The Morgan fingerprint density at radius 1 is 1.21 bits per heavy atom. The highest BCUT2D eigenvalue weighted by molar-refractivity contribution is 7.87. The van der Waals surface area contributed by atoms with Crippen molar-refractivity contribution in [2.45, 2.75) is 31.7 Å². The van der Waals surface area contributed by atoms with Crippen LogP contribution in [-0.4, -0.2) is 21.1 Å². The third-order valence-corrected chi connectivity index (χ3v) is 5.00. The maximum Gasteiger partial charge on any atom is 0.274 e. The summed E-state index contributed by atoms with van der Waals surface area (Å²) < 4.78 is 31.3. The predicted molar refractivity (Wildman–Crippen MR) is 94.2 cm³/mol. The van der Waals surface area contributed by atoms with E-state index < -0.39 is 10.2 Å². The highest BCUT2D eigenvalue weighted by Crippen LogP contribution is 2.38. The Balaban J connectivity index is 1.94. The topological polar surface area (TPSA) is 81.4 Å². The van der Waals surface area contributed by atoms with Crippen LogP contribution in [0.1, 0.15) is 29.5 Å².